The van der Waals surface area contributed by atoms with Gasteiger partial charge in [-0.05, 0) is 30.3 Å². The molecule has 0 aliphatic rings. The summed E-state index contributed by atoms with van der Waals surface area (Å²) in [5, 5.41) is 14.9. The van der Waals surface area contributed by atoms with Gasteiger partial charge in [0.2, 0.25) is 0 Å². The van der Waals surface area contributed by atoms with Gasteiger partial charge in [0.1, 0.15) is 0 Å². The molecule has 0 fully saturated rings. The van der Waals surface area contributed by atoms with E-state index >= 15 is 0 Å². The molecule has 0 atom stereocenters. The van der Waals surface area contributed by atoms with E-state index in [4.69, 9.17) is 9.26 Å². The Balaban J connectivity index is 1.50. The molecule has 0 bridgehead atoms. The number of nitrogens with zero attached hydrogens (tertiary/aromatic N) is 5. The van der Waals surface area contributed by atoms with Gasteiger partial charge >= 0.3 is 0 Å². The quantitative estimate of drug-likeness (QED) is 0.521. The van der Waals surface area contributed by atoms with Crippen molar-refractivity contribution in [2.75, 3.05) is 7.11 Å². The van der Waals surface area contributed by atoms with E-state index in [0.29, 0.717) is 23.2 Å². The summed E-state index contributed by atoms with van der Waals surface area (Å²) in [5.41, 5.74) is 1.47. The Kier molecular flexibility index (Phi) is 5.13. The molecular weight excluding hydrogens is 391 g/mol. The Hall–Kier alpha value is -3.82. The van der Waals surface area contributed by atoms with Crippen LogP contribution in [0, 0.1) is 5.82 Å². The molecule has 0 saturated carbocycles. The lowest BCUT2D eigenvalue weighted by molar-refractivity contribution is 0.0949. The van der Waals surface area contributed by atoms with Crippen LogP contribution in [0.1, 0.15) is 41.8 Å². The molecule has 0 saturated heterocycles. The third-order valence-electron chi connectivity index (χ3n) is 4.51. The molecule has 3 heterocycles. The highest BCUT2D eigenvalue weighted by Crippen LogP contribution is 2.21. The molecule has 3 aromatic heterocycles. The van der Waals surface area contributed by atoms with Gasteiger partial charge in [-0.15, -0.1) is 10.2 Å². The van der Waals surface area contributed by atoms with E-state index in [9.17, 15) is 9.18 Å². The Bertz CT molecular complexity index is 1220. The van der Waals surface area contributed by atoms with Gasteiger partial charge < -0.3 is 14.6 Å². The molecule has 9 nitrogen and oxygen atoms in total. The zero-order valence-electron chi connectivity index (χ0n) is 16.6. The largest absolute Gasteiger partial charge is 0.494 e. The SMILES string of the molecule is COc1ccc(C(=O)NCc2nnc3cc(-c4nc(C(C)C)no4)ccn23)cc1F. The normalized spacial score (nSPS) is 11.2. The first-order valence-electron chi connectivity index (χ1n) is 9.25. The lowest BCUT2D eigenvalue weighted by Crippen LogP contribution is -2.24. The van der Waals surface area contributed by atoms with Crippen molar-refractivity contribution in [1.29, 1.82) is 0 Å². The van der Waals surface area contributed by atoms with E-state index in [-0.39, 0.29) is 23.8 Å². The highest BCUT2D eigenvalue weighted by molar-refractivity contribution is 5.94. The summed E-state index contributed by atoms with van der Waals surface area (Å²) >= 11 is 0. The van der Waals surface area contributed by atoms with Crippen LogP contribution in [0.25, 0.3) is 17.1 Å². The number of rotatable bonds is 6. The molecule has 4 rings (SSSR count). The van der Waals surface area contributed by atoms with Gasteiger partial charge in [0, 0.05) is 23.2 Å². The molecule has 1 amide bonds. The second-order valence-corrected chi connectivity index (χ2v) is 6.90. The van der Waals surface area contributed by atoms with E-state index in [1.807, 2.05) is 13.8 Å². The first kappa shape index (κ1) is 19.5. The van der Waals surface area contributed by atoms with Crippen LogP contribution in [-0.4, -0.2) is 37.8 Å². The van der Waals surface area contributed by atoms with Crippen molar-refractivity contribution in [2.24, 2.45) is 0 Å². The molecule has 4 aromatic rings. The van der Waals surface area contributed by atoms with Crippen LogP contribution in [0.3, 0.4) is 0 Å². The average Bonchev–Trinajstić information content (AvgIpc) is 3.39. The van der Waals surface area contributed by atoms with Crippen LogP contribution < -0.4 is 10.1 Å². The zero-order chi connectivity index (χ0) is 21.3. The summed E-state index contributed by atoms with van der Waals surface area (Å²) < 4.78 is 25.7. The molecule has 0 aliphatic carbocycles. The number of ether oxygens (including phenoxy) is 1. The molecule has 1 aromatic carbocycles. The Morgan fingerprint density at radius 2 is 2.10 bits per heavy atom. The molecule has 0 radical (unpaired) electrons. The number of nitrogens with one attached hydrogen (secondary N) is 1. The maximum Gasteiger partial charge on any atom is 0.258 e. The number of amides is 1. The van der Waals surface area contributed by atoms with Crippen LogP contribution in [0.2, 0.25) is 0 Å². The molecule has 0 spiro atoms. The highest BCUT2D eigenvalue weighted by Gasteiger charge is 2.15. The summed E-state index contributed by atoms with van der Waals surface area (Å²) in [6.07, 6.45) is 1.76. The van der Waals surface area contributed by atoms with Crippen LogP contribution in [0.5, 0.6) is 5.75 Å². The molecule has 154 valence electrons. The fourth-order valence-electron chi connectivity index (χ4n) is 2.85. The highest BCUT2D eigenvalue weighted by atomic mass is 19.1. The number of benzene rings is 1. The third kappa shape index (κ3) is 3.71. The molecule has 0 unspecified atom stereocenters. The van der Waals surface area contributed by atoms with Crippen molar-refractivity contribution < 1.29 is 18.4 Å². The van der Waals surface area contributed by atoms with Gasteiger partial charge in [0.15, 0.2) is 28.9 Å². The minimum atomic E-state index is -0.604. The topological polar surface area (TPSA) is 107 Å². The van der Waals surface area contributed by atoms with Crippen LogP contribution in [0.15, 0.2) is 41.1 Å². The van der Waals surface area contributed by atoms with Gasteiger partial charge in [0.25, 0.3) is 11.8 Å². The minimum absolute atomic E-state index is 0.0765. The molecular formula is C20H19FN6O3. The summed E-state index contributed by atoms with van der Waals surface area (Å²) in [7, 11) is 1.36. The van der Waals surface area contributed by atoms with Gasteiger partial charge in [-0.3, -0.25) is 9.20 Å². The fourth-order valence-corrected chi connectivity index (χ4v) is 2.85. The zero-order valence-corrected chi connectivity index (χ0v) is 16.6. The van der Waals surface area contributed by atoms with Crippen molar-refractivity contribution in [3.8, 4) is 17.2 Å². The predicted molar refractivity (Wildman–Crippen MR) is 104 cm³/mol. The monoisotopic (exact) mass is 410 g/mol. The van der Waals surface area contributed by atoms with E-state index in [2.05, 4.69) is 25.7 Å². The fraction of sp³-hybridized carbons (Fsp3) is 0.250. The molecule has 1 N–H and O–H groups in total. The Labute approximate surface area is 170 Å². The maximum atomic E-state index is 13.8. The number of fused-ring (bicyclic) bond motifs is 1. The maximum absolute atomic E-state index is 13.8. The second kappa shape index (κ2) is 7.90. The average molecular weight is 410 g/mol. The second-order valence-electron chi connectivity index (χ2n) is 6.90. The van der Waals surface area contributed by atoms with Crippen molar-refractivity contribution in [3.63, 3.8) is 0 Å². The third-order valence-corrected chi connectivity index (χ3v) is 4.51. The van der Waals surface area contributed by atoms with Crippen LogP contribution >= 0.6 is 0 Å². The molecule has 10 heteroatoms. The number of pyridine rings is 1. The summed E-state index contributed by atoms with van der Waals surface area (Å²) in [6, 6.07) is 7.59. The molecule has 0 aliphatic heterocycles. The van der Waals surface area contributed by atoms with Crippen molar-refractivity contribution >= 4 is 11.6 Å². The predicted octanol–water partition coefficient (Wildman–Crippen LogP) is 2.98. The number of aromatic nitrogens is 5. The lowest BCUT2D eigenvalue weighted by Gasteiger charge is -2.06. The number of hydrogen-bond acceptors (Lipinski definition) is 7. The number of carbonyl (C=O) groups excluding carboxylic acids is 1. The first-order valence-corrected chi connectivity index (χ1v) is 9.25. The Morgan fingerprint density at radius 1 is 1.27 bits per heavy atom. The first-order chi connectivity index (χ1) is 14.5. The van der Waals surface area contributed by atoms with Crippen LogP contribution in [0.4, 0.5) is 4.39 Å². The number of halogens is 1. The van der Waals surface area contributed by atoms with Crippen molar-refractivity contribution in [1.82, 2.24) is 30.1 Å². The van der Waals surface area contributed by atoms with Crippen LogP contribution in [-0.2, 0) is 6.54 Å². The lowest BCUT2D eigenvalue weighted by atomic mass is 10.2. The van der Waals surface area contributed by atoms with E-state index in [1.54, 1.807) is 22.7 Å². The number of methoxy groups -OCH3 is 1. The van der Waals surface area contributed by atoms with E-state index in [0.717, 1.165) is 11.6 Å². The smallest absolute Gasteiger partial charge is 0.258 e. The summed E-state index contributed by atoms with van der Waals surface area (Å²) in [6.45, 7) is 4.08. The minimum Gasteiger partial charge on any atom is -0.494 e. The number of hydrogen-bond donors (Lipinski definition) is 1. The van der Waals surface area contributed by atoms with E-state index < -0.39 is 11.7 Å². The summed E-state index contributed by atoms with van der Waals surface area (Å²) in [4.78, 5) is 16.7. The van der Waals surface area contributed by atoms with Crippen molar-refractivity contribution in [2.45, 2.75) is 26.3 Å². The Morgan fingerprint density at radius 3 is 2.80 bits per heavy atom. The van der Waals surface area contributed by atoms with Gasteiger partial charge in [-0.25, -0.2) is 4.39 Å². The molecule has 30 heavy (non-hydrogen) atoms. The van der Waals surface area contributed by atoms with Crippen molar-refractivity contribution in [3.05, 3.63) is 59.6 Å². The van der Waals surface area contributed by atoms with Gasteiger partial charge in [0.05, 0.1) is 13.7 Å². The summed E-state index contributed by atoms with van der Waals surface area (Å²) in [5.74, 6) is 0.753. The van der Waals surface area contributed by atoms with Gasteiger partial charge in [-0.1, -0.05) is 19.0 Å². The standard InChI is InChI=1S/C20H19FN6O3/c1-11(2)18-23-20(30-26-18)13-6-7-27-16(9-13)24-25-17(27)10-22-19(28)12-4-5-15(29-3)14(21)8-12/h4-9,11H,10H2,1-3H3,(H,22,28). The number of carbonyl (C=O) groups is 1. The van der Waals surface area contributed by atoms with Gasteiger partial charge in [-0.2, -0.15) is 4.98 Å². The van der Waals surface area contributed by atoms with E-state index in [1.165, 1.54) is 19.2 Å².